The van der Waals surface area contributed by atoms with E-state index in [1.807, 2.05) is 82.3 Å². The van der Waals surface area contributed by atoms with Gasteiger partial charge in [-0.05, 0) is 67.1 Å². The smallest absolute Gasteiger partial charge is 0.243 e. The summed E-state index contributed by atoms with van der Waals surface area (Å²) in [6.45, 7) is 9.70. The van der Waals surface area contributed by atoms with Crippen molar-refractivity contribution in [3.63, 3.8) is 0 Å². The standard InChI is InChI=1S/C33H40Cl2N2O4/c1-5-40-30-16-13-25(20-31(30)41-6-2)14-17-32(38)37(22-26-12-15-27(34)28(35)18-26)29(33(39)36-21-23(3)4)19-24-10-8-7-9-11-24/h7-13,15-16,18,20,23,29H,5-6,14,17,19,21-22H2,1-4H3,(H,36,39)/t29-/m1/s1. The predicted octanol–water partition coefficient (Wildman–Crippen LogP) is 7.14. The molecular formula is C33H40Cl2N2O4. The molecule has 0 radical (unpaired) electrons. The summed E-state index contributed by atoms with van der Waals surface area (Å²) in [4.78, 5) is 29.2. The number of rotatable bonds is 15. The molecule has 1 atom stereocenters. The van der Waals surface area contributed by atoms with Gasteiger partial charge in [-0.25, -0.2) is 0 Å². The molecule has 1 N–H and O–H groups in total. The van der Waals surface area contributed by atoms with Crippen LogP contribution in [0.5, 0.6) is 11.5 Å². The summed E-state index contributed by atoms with van der Waals surface area (Å²) >= 11 is 12.5. The molecule has 0 saturated heterocycles. The maximum absolute atomic E-state index is 14.0. The van der Waals surface area contributed by atoms with Gasteiger partial charge < -0.3 is 19.7 Å². The van der Waals surface area contributed by atoms with Crippen LogP contribution in [0.4, 0.5) is 0 Å². The van der Waals surface area contributed by atoms with Crippen LogP contribution in [0.15, 0.2) is 66.7 Å². The summed E-state index contributed by atoms with van der Waals surface area (Å²) in [5.74, 6) is 1.28. The van der Waals surface area contributed by atoms with E-state index in [0.29, 0.717) is 54.1 Å². The summed E-state index contributed by atoms with van der Waals surface area (Å²) in [5.41, 5.74) is 2.71. The van der Waals surface area contributed by atoms with Crippen molar-refractivity contribution in [1.29, 1.82) is 0 Å². The van der Waals surface area contributed by atoms with E-state index >= 15 is 0 Å². The third kappa shape index (κ3) is 9.98. The summed E-state index contributed by atoms with van der Waals surface area (Å²) < 4.78 is 11.5. The van der Waals surface area contributed by atoms with E-state index in [-0.39, 0.29) is 30.7 Å². The first-order valence-electron chi connectivity index (χ1n) is 14.1. The van der Waals surface area contributed by atoms with Crippen LogP contribution in [0, 0.1) is 5.92 Å². The minimum absolute atomic E-state index is 0.136. The molecule has 220 valence electrons. The monoisotopic (exact) mass is 598 g/mol. The van der Waals surface area contributed by atoms with Gasteiger partial charge >= 0.3 is 0 Å². The van der Waals surface area contributed by atoms with Crippen molar-refractivity contribution in [3.05, 3.63) is 93.5 Å². The fourth-order valence-electron chi connectivity index (χ4n) is 4.46. The van der Waals surface area contributed by atoms with E-state index in [1.165, 1.54) is 0 Å². The maximum atomic E-state index is 14.0. The molecule has 8 heteroatoms. The number of halogens is 2. The lowest BCUT2D eigenvalue weighted by molar-refractivity contribution is -0.141. The average Bonchev–Trinajstić information content (AvgIpc) is 2.96. The number of aryl methyl sites for hydroxylation is 1. The van der Waals surface area contributed by atoms with Gasteiger partial charge in [0, 0.05) is 25.9 Å². The van der Waals surface area contributed by atoms with Crippen molar-refractivity contribution in [2.24, 2.45) is 5.92 Å². The molecule has 0 aliphatic carbocycles. The molecule has 3 aromatic rings. The van der Waals surface area contributed by atoms with E-state index in [9.17, 15) is 9.59 Å². The first-order valence-corrected chi connectivity index (χ1v) is 14.9. The van der Waals surface area contributed by atoms with Crippen LogP contribution in [0.25, 0.3) is 0 Å². The molecule has 0 unspecified atom stereocenters. The van der Waals surface area contributed by atoms with Crippen molar-refractivity contribution in [3.8, 4) is 11.5 Å². The van der Waals surface area contributed by atoms with Gasteiger partial charge in [-0.15, -0.1) is 0 Å². The summed E-state index contributed by atoms with van der Waals surface area (Å²) in [6.07, 6.45) is 1.08. The molecule has 2 amide bonds. The van der Waals surface area contributed by atoms with E-state index in [0.717, 1.165) is 16.7 Å². The van der Waals surface area contributed by atoms with Crippen molar-refractivity contribution in [2.45, 2.75) is 59.5 Å². The van der Waals surface area contributed by atoms with Crippen LogP contribution < -0.4 is 14.8 Å². The van der Waals surface area contributed by atoms with E-state index in [2.05, 4.69) is 5.32 Å². The van der Waals surface area contributed by atoms with Crippen LogP contribution in [0.1, 0.15) is 50.8 Å². The Morgan fingerprint density at radius 3 is 2.17 bits per heavy atom. The second-order valence-electron chi connectivity index (χ2n) is 10.3. The Morgan fingerprint density at radius 1 is 0.829 bits per heavy atom. The van der Waals surface area contributed by atoms with Crippen LogP contribution in [-0.2, 0) is 29.0 Å². The normalized spacial score (nSPS) is 11.7. The molecule has 0 aliphatic heterocycles. The number of hydrogen-bond acceptors (Lipinski definition) is 4. The molecule has 0 fully saturated rings. The van der Waals surface area contributed by atoms with Gasteiger partial charge in [0.15, 0.2) is 11.5 Å². The molecule has 3 aromatic carbocycles. The number of carbonyl (C=O) groups is 2. The van der Waals surface area contributed by atoms with Crippen LogP contribution >= 0.6 is 23.2 Å². The number of hydrogen-bond donors (Lipinski definition) is 1. The SMILES string of the molecule is CCOc1ccc(CCC(=O)N(Cc2ccc(Cl)c(Cl)c2)[C@H](Cc2ccccc2)C(=O)NCC(C)C)cc1OCC. The zero-order valence-electron chi connectivity index (χ0n) is 24.3. The third-order valence-corrected chi connectivity index (χ3v) is 7.27. The Hall–Kier alpha value is -3.22. The summed E-state index contributed by atoms with van der Waals surface area (Å²) in [7, 11) is 0. The predicted molar refractivity (Wildman–Crippen MR) is 166 cm³/mol. The molecule has 0 aliphatic rings. The quantitative estimate of drug-likeness (QED) is 0.202. The Balaban J connectivity index is 1.92. The lowest BCUT2D eigenvalue weighted by Crippen LogP contribution is -2.51. The summed E-state index contributed by atoms with van der Waals surface area (Å²) in [6, 6.07) is 20.1. The topological polar surface area (TPSA) is 67.9 Å². The molecule has 0 heterocycles. The first kappa shape index (κ1) is 32.3. The van der Waals surface area contributed by atoms with Crippen molar-refractivity contribution < 1.29 is 19.1 Å². The molecule has 3 rings (SSSR count). The fraction of sp³-hybridized carbons (Fsp3) is 0.394. The Bertz CT molecular complexity index is 1280. The number of ether oxygens (including phenoxy) is 2. The third-order valence-electron chi connectivity index (χ3n) is 6.53. The number of amides is 2. The van der Waals surface area contributed by atoms with Gasteiger partial charge in [0.2, 0.25) is 11.8 Å². The van der Waals surface area contributed by atoms with Gasteiger partial charge in [-0.2, -0.15) is 0 Å². The Kier molecular flexibility index (Phi) is 12.8. The van der Waals surface area contributed by atoms with Gasteiger partial charge in [0.05, 0.1) is 23.3 Å². The second kappa shape index (κ2) is 16.3. The Morgan fingerprint density at radius 2 is 1.51 bits per heavy atom. The van der Waals surface area contributed by atoms with Gasteiger partial charge in [-0.3, -0.25) is 9.59 Å². The maximum Gasteiger partial charge on any atom is 0.243 e. The van der Waals surface area contributed by atoms with Gasteiger partial charge in [0.25, 0.3) is 0 Å². The molecular weight excluding hydrogens is 559 g/mol. The molecule has 0 spiro atoms. The number of nitrogens with one attached hydrogen (secondary N) is 1. The summed E-state index contributed by atoms with van der Waals surface area (Å²) in [5, 5.41) is 3.88. The average molecular weight is 600 g/mol. The zero-order valence-corrected chi connectivity index (χ0v) is 25.8. The van der Waals surface area contributed by atoms with Crippen molar-refractivity contribution in [2.75, 3.05) is 19.8 Å². The van der Waals surface area contributed by atoms with E-state index in [1.54, 1.807) is 17.0 Å². The highest BCUT2D eigenvalue weighted by atomic mass is 35.5. The van der Waals surface area contributed by atoms with E-state index < -0.39 is 6.04 Å². The van der Waals surface area contributed by atoms with Crippen LogP contribution in [-0.4, -0.2) is 42.5 Å². The number of carbonyl (C=O) groups excluding carboxylic acids is 2. The molecule has 41 heavy (non-hydrogen) atoms. The number of benzene rings is 3. The largest absolute Gasteiger partial charge is 0.490 e. The van der Waals surface area contributed by atoms with Crippen LogP contribution in [0.3, 0.4) is 0 Å². The molecule has 6 nitrogen and oxygen atoms in total. The van der Waals surface area contributed by atoms with Crippen LogP contribution in [0.2, 0.25) is 10.0 Å². The van der Waals surface area contributed by atoms with Crippen molar-refractivity contribution >= 4 is 35.0 Å². The highest BCUT2D eigenvalue weighted by molar-refractivity contribution is 6.42. The lowest BCUT2D eigenvalue weighted by Gasteiger charge is -2.32. The molecule has 0 bridgehead atoms. The lowest BCUT2D eigenvalue weighted by atomic mass is 10.0. The van der Waals surface area contributed by atoms with Crippen molar-refractivity contribution in [1.82, 2.24) is 10.2 Å². The molecule has 0 aromatic heterocycles. The number of nitrogens with zero attached hydrogens (tertiary/aromatic N) is 1. The zero-order chi connectivity index (χ0) is 29.8. The van der Waals surface area contributed by atoms with Gasteiger partial charge in [-0.1, -0.05) is 79.5 Å². The van der Waals surface area contributed by atoms with E-state index in [4.69, 9.17) is 32.7 Å². The first-order chi connectivity index (χ1) is 19.7. The minimum atomic E-state index is -0.711. The fourth-order valence-corrected chi connectivity index (χ4v) is 4.78. The second-order valence-corrected chi connectivity index (χ2v) is 11.1. The minimum Gasteiger partial charge on any atom is -0.490 e. The highest BCUT2D eigenvalue weighted by Crippen LogP contribution is 2.29. The van der Waals surface area contributed by atoms with Gasteiger partial charge in [0.1, 0.15) is 6.04 Å². The highest BCUT2D eigenvalue weighted by Gasteiger charge is 2.30. The Labute approximate surface area is 253 Å². The molecule has 0 saturated carbocycles.